The summed E-state index contributed by atoms with van der Waals surface area (Å²) >= 11 is 1.26. The highest BCUT2D eigenvalue weighted by molar-refractivity contribution is 8.00. The molecule has 0 bridgehead atoms. The van der Waals surface area contributed by atoms with Crippen molar-refractivity contribution < 1.29 is 23.5 Å². The van der Waals surface area contributed by atoms with E-state index in [0.717, 1.165) is 0 Å². The van der Waals surface area contributed by atoms with Gasteiger partial charge in [-0.05, 0) is 31.2 Å². The van der Waals surface area contributed by atoms with E-state index in [1.54, 1.807) is 47.9 Å². The van der Waals surface area contributed by atoms with E-state index in [1.807, 2.05) is 0 Å². The van der Waals surface area contributed by atoms with Crippen molar-refractivity contribution >= 4 is 29.3 Å². The molecule has 166 valence electrons. The molecular formula is C21H21N5O5S. The number of allylic oxidation sites excluding steroid dienone is 1. The van der Waals surface area contributed by atoms with Crippen molar-refractivity contribution in [3.8, 4) is 11.5 Å². The Labute approximate surface area is 188 Å². The highest BCUT2D eigenvalue weighted by Gasteiger charge is 2.21. The topological polar surface area (TPSA) is 121 Å². The summed E-state index contributed by atoms with van der Waals surface area (Å²) in [5, 5.41) is 14.0. The van der Waals surface area contributed by atoms with Crippen LogP contribution in [-0.4, -0.2) is 38.6 Å². The number of benzene rings is 1. The number of aromatic nitrogens is 3. The summed E-state index contributed by atoms with van der Waals surface area (Å²) in [7, 11) is 0. The predicted molar refractivity (Wildman–Crippen MR) is 117 cm³/mol. The second kappa shape index (κ2) is 9.60. The maximum absolute atomic E-state index is 12.7. The molecule has 11 heteroatoms. The van der Waals surface area contributed by atoms with Crippen LogP contribution in [0.4, 0.5) is 5.69 Å². The molecule has 4 rings (SSSR count). The van der Waals surface area contributed by atoms with Gasteiger partial charge < -0.3 is 29.1 Å². The molecule has 2 amide bonds. The Kier molecular flexibility index (Phi) is 6.45. The first-order valence-electron chi connectivity index (χ1n) is 9.77. The summed E-state index contributed by atoms with van der Waals surface area (Å²) in [6.45, 7) is 6.29. The smallest absolute Gasteiger partial charge is 0.287 e. The standard InChI is InChI=1S/C21H21N5O5S/c1-3-8-26-18(11-22-20(28)16-5-4-9-29-16)24-25-21(26)32-13(2)19(27)23-14-6-7-15-17(10-14)31-12-30-15/h3-7,9-10,13H,1,8,11-12H2,2H3,(H,22,28)(H,23,27)/t13-/m1/s1. The number of hydrogen-bond donors (Lipinski definition) is 2. The highest BCUT2D eigenvalue weighted by atomic mass is 32.2. The summed E-state index contributed by atoms with van der Waals surface area (Å²) in [5.74, 6) is 1.44. The van der Waals surface area contributed by atoms with E-state index in [-0.39, 0.29) is 30.9 Å². The fraction of sp³-hybridized carbons (Fsp3) is 0.238. The van der Waals surface area contributed by atoms with Gasteiger partial charge in [0.05, 0.1) is 18.1 Å². The van der Waals surface area contributed by atoms with E-state index >= 15 is 0 Å². The largest absolute Gasteiger partial charge is 0.459 e. The van der Waals surface area contributed by atoms with Gasteiger partial charge in [-0.3, -0.25) is 9.59 Å². The maximum Gasteiger partial charge on any atom is 0.287 e. The van der Waals surface area contributed by atoms with Gasteiger partial charge >= 0.3 is 0 Å². The Morgan fingerprint density at radius 1 is 1.28 bits per heavy atom. The summed E-state index contributed by atoms with van der Waals surface area (Å²) in [4.78, 5) is 24.8. The zero-order valence-electron chi connectivity index (χ0n) is 17.2. The van der Waals surface area contributed by atoms with Crippen molar-refractivity contribution in [2.24, 2.45) is 0 Å². The number of anilines is 1. The van der Waals surface area contributed by atoms with Crippen molar-refractivity contribution in [3.63, 3.8) is 0 Å². The van der Waals surface area contributed by atoms with E-state index in [9.17, 15) is 9.59 Å². The van der Waals surface area contributed by atoms with Crippen molar-refractivity contribution in [1.29, 1.82) is 0 Å². The van der Waals surface area contributed by atoms with Crippen LogP contribution in [0.5, 0.6) is 11.5 Å². The molecule has 3 heterocycles. The molecule has 1 aromatic carbocycles. The number of ether oxygens (including phenoxy) is 2. The number of carbonyl (C=O) groups is 2. The molecule has 1 aliphatic heterocycles. The van der Waals surface area contributed by atoms with Crippen LogP contribution < -0.4 is 20.1 Å². The lowest BCUT2D eigenvalue weighted by atomic mass is 10.2. The van der Waals surface area contributed by atoms with Gasteiger partial charge in [-0.15, -0.1) is 16.8 Å². The number of carbonyl (C=O) groups excluding carboxylic acids is 2. The van der Waals surface area contributed by atoms with Gasteiger partial charge in [0, 0.05) is 18.3 Å². The van der Waals surface area contributed by atoms with Crippen LogP contribution >= 0.6 is 11.8 Å². The van der Waals surface area contributed by atoms with Crippen LogP contribution in [0.2, 0.25) is 0 Å². The maximum atomic E-state index is 12.7. The molecule has 0 saturated heterocycles. The second-order valence-corrected chi connectivity index (χ2v) is 8.08. The third kappa shape index (κ3) is 4.78. The third-order valence-corrected chi connectivity index (χ3v) is 5.63. The minimum absolute atomic E-state index is 0.151. The van der Waals surface area contributed by atoms with Gasteiger partial charge in [0.15, 0.2) is 28.2 Å². The van der Waals surface area contributed by atoms with Gasteiger partial charge in [-0.25, -0.2) is 0 Å². The van der Waals surface area contributed by atoms with Crippen molar-refractivity contribution in [2.45, 2.75) is 30.4 Å². The number of nitrogens with one attached hydrogen (secondary N) is 2. The third-order valence-electron chi connectivity index (χ3n) is 4.55. The lowest BCUT2D eigenvalue weighted by Crippen LogP contribution is -2.25. The first kappa shape index (κ1) is 21.5. The van der Waals surface area contributed by atoms with E-state index in [0.29, 0.717) is 34.7 Å². The number of hydrogen-bond acceptors (Lipinski definition) is 8. The Morgan fingerprint density at radius 3 is 2.91 bits per heavy atom. The quantitative estimate of drug-likeness (QED) is 0.373. The normalized spacial score (nSPS) is 12.9. The predicted octanol–water partition coefficient (Wildman–Crippen LogP) is 2.84. The highest BCUT2D eigenvalue weighted by Crippen LogP contribution is 2.34. The Hall–Kier alpha value is -3.73. The van der Waals surface area contributed by atoms with Gasteiger partial charge in [-0.1, -0.05) is 17.8 Å². The van der Waals surface area contributed by atoms with Crippen molar-refractivity contribution in [3.05, 3.63) is 60.8 Å². The zero-order valence-corrected chi connectivity index (χ0v) is 18.1. The van der Waals surface area contributed by atoms with Gasteiger partial charge in [-0.2, -0.15) is 0 Å². The first-order valence-corrected chi connectivity index (χ1v) is 10.6. The fourth-order valence-corrected chi connectivity index (χ4v) is 3.81. The molecule has 1 atom stereocenters. The second-order valence-electron chi connectivity index (χ2n) is 6.78. The van der Waals surface area contributed by atoms with E-state index < -0.39 is 5.25 Å². The monoisotopic (exact) mass is 455 g/mol. The molecule has 2 aromatic heterocycles. The van der Waals surface area contributed by atoms with Crippen LogP contribution in [0, 0.1) is 0 Å². The average Bonchev–Trinajstić information content (AvgIpc) is 3.54. The summed E-state index contributed by atoms with van der Waals surface area (Å²) in [6.07, 6.45) is 3.13. The van der Waals surface area contributed by atoms with E-state index in [1.165, 1.54) is 18.0 Å². The molecular weight excluding hydrogens is 434 g/mol. The Morgan fingerprint density at radius 2 is 2.12 bits per heavy atom. The Balaban J connectivity index is 1.39. The van der Waals surface area contributed by atoms with Crippen molar-refractivity contribution in [1.82, 2.24) is 20.1 Å². The van der Waals surface area contributed by atoms with Crippen LogP contribution in [-0.2, 0) is 17.9 Å². The molecule has 32 heavy (non-hydrogen) atoms. The van der Waals surface area contributed by atoms with Gasteiger partial charge in [0.1, 0.15) is 0 Å². The number of fused-ring (bicyclic) bond motifs is 1. The molecule has 0 radical (unpaired) electrons. The summed E-state index contributed by atoms with van der Waals surface area (Å²) in [5.41, 5.74) is 0.612. The van der Waals surface area contributed by atoms with Gasteiger partial charge in [0.2, 0.25) is 12.7 Å². The number of rotatable bonds is 9. The molecule has 10 nitrogen and oxygen atoms in total. The minimum Gasteiger partial charge on any atom is -0.459 e. The zero-order chi connectivity index (χ0) is 22.5. The molecule has 0 spiro atoms. The molecule has 3 aromatic rings. The first-order chi connectivity index (χ1) is 15.5. The van der Waals surface area contributed by atoms with Crippen LogP contribution in [0.25, 0.3) is 0 Å². The molecule has 0 aliphatic carbocycles. The summed E-state index contributed by atoms with van der Waals surface area (Å²) < 4.78 is 17.5. The summed E-state index contributed by atoms with van der Waals surface area (Å²) in [6, 6.07) is 8.44. The lowest BCUT2D eigenvalue weighted by Gasteiger charge is -2.13. The van der Waals surface area contributed by atoms with Crippen LogP contribution in [0.3, 0.4) is 0 Å². The number of amides is 2. The fourth-order valence-electron chi connectivity index (χ4n) is 2.93. The van der Waals surface area contributed by atoms with Crippen molar-refractivity contribution in [2.75, 3.05) is 12.1 Å². The average molecular weight is 455 g/mol. The number of nitrogens with zero attached hydrogens (tertiary/aromatic N) is 3. The minimum atomic E-state index is -0.459. The molecule has 0 saturated carbocycles. The van der Waals surface area contributed by atoms with Crippen LogP contribution in [0.15, 0.2) is 58.8 Å². The molecule has 2 N–H and O–H groups in total. The number of furan rings is 1. The molecule has 0 unspecified atom stereocenters. The number of thioether (sulfide) groups is 1. The van der Waals surface area contributed by atoms with Gasteiger partial charge in [0.25, 0.3) is 5.91 Å². The molecule has 1 aliphatic rings. The lowest BCUT2D eigenvalue weighted by molar-refractivity contribution is -0.115. The Bertz CT molecular complexity index is 1130. The van der Waals surface area contributed by atoms with E-state index in [2.05, 4.69) is 27.4 Å². The van der Waals surface area contributed by atoms with E-state index in [4.69, 9.17) is 13.9 Å². The van der Waals surface area contributed by atoms with Crippen LogP contribution in [0.1, 0.15) is 23.3 Å². The SMILES string of the molecule is C=CCn1c(CNC(=O)c2ccco2)nnc1S[C@H](C)C(=O)Nc1ccc2c(c1)OCO2. The molecule has 0 fully saturated rings.